The van der Waals surface area contributed by atoms with E-state index in [4.69, 9.17) is 11.6 Å². The monoisotopic (exact) mass is 321 g/mol. The van der Waals surface area contributed by atoms with Crippen LogP contribution in [-0.4, -0.2) is 16.6 Å². The number of aromatic nitrogens is 1. The Morgan fingerprint density at radius 3 is 2.50 bits per heavy atom. The van der Waals surface area contributed by atoms with Crippen molar-refractivity contribution in [1.29, 1.82) is 0 Å². The van der Waals surface area contributed by atoms with Crippen LogP contribution in [-0.2, 0) is 0 Å². The van der Waals surface area contributed by atoms with E-state index in [9.17, 15) is 22.4 Å². The molecule has 0 amide bonds. The second kappa shape index (κ2) is 4.54. The van der Waals surface area contributed by atoms with E-state index in [1.807, 2.05) is 0 Å². The van der Waals surface area contributed by atoms with Crippen LogP contribution in [0.15, 0.2) is 10.7 Å². The molecule has 0 aliphatic rings. The van der Waals surface area contributed by atoms with Gasteiger partial charge in [0.2, 0.25) is 0 Å². The van der Waals surface area contributed by atoms with Gasteiger partial charge in [0, 0.05) is 0 Å². The van der Waals surface area contributed by atoms with Crippen LogP contribution in [0.1, 0.15) is 10.5 Å². The third-order valence-electron chi connectivity index (χ3n) is 1.34. The van der Waals surface area contributed by atoms with Crippen molar-refractivity contribution in [2.24, 2.45) is 0 Å². The first-order valence-corrected chi connectivity index (χ1v) is 4.69. The van der Waals surface area contributed by atoms with Crippen molar-refractivity contribution in [3.63, 3.8) is 0 Å². The summed E-state index contributed by atoms with van der Waals surface area (Å²) in [6, 6.07) is 0. The largest absolute Gasteiger partial charge is 0.573 e. The van der Waals surface area contributed by atoms with Crippen molar-refractivity contribution >= 4 is 32.8 Å². The molecule has 1 aromatic heterocycles. The second-order valence-electron chi connectivity index (χ2n) is 2.42. The van der Waals surface area contributed by atoms with E-state index in [2.05, 4.69) is 25.7 Å². The third kappa shape index (κ3) is 3.05. The Labute approximate surface area is 99.5 Å². The summed E-state index contributed by atoms with van der Waals surface area (Å²) in [6.45, 7) is 0. The molecule has 0 atom stereocenters. The molecule has 3 nitrogen and oxygen atoms in total. The van der Waals surface area contributed by atoms with E-state index < -0.39 is 33.3 Å². The van der Waals surface area contributed by atoms with Crippen LogP contribution in [0.25, 0.3) is 0 Å². The molecule has 0 aromatic carbocycles. The van der Waals surface area contributed by atoms with E-state index in [1.165, 1.54) is 0 Å². The fourth-order valence-corrected chi connectivity index (χ4v) is 1.30. The molecule has 16 heavy (non-hydrogen) atoms. The lowest BCUT2D eigenvalue weighted by Crippen LogP contribution is -2.19. The van der Waals surface area contributed by atoms with Gasteiger partial charge in [-0.15, -0.1) is 13.2 Å². The molecule has 88 valence electrons. The topological polar surface area (TPSA) is 39.2 Å². The molecular formula is C7HBrClF4NO2. The Morgan fingerprint density at radius 2 is 2.06 bits per heavy atom. The molecule has 0 saturated heterocycles. The van der Waals surface area contributed by atoms with Crippen LogP contribution in [0.3, 0.4) is 0 Å². The zero-order valence-corrected chi connectivity index (χ0v) is 9.45. The van der Waals surface area contributed by atoms with Gasteiger partial charge in [-0.2, -0.15) is 0 Å². The highest BCUT2D eigenvalue weighted by Crippen LogP contribution is 2.35. The van der Waals surface area contributed by atoms with Gasteiger partial charge in [-0.05, 0) is 27.5 Å². The van der Waals surface area contributed by atoms with Gasteiger partial charge >= 0.3 is 6.36 Å². The summed E-state index contributed by atoms with van der Waals surface area (Å²) >= 11 is 7.47. The first-order chi connectivity index (χ1) is 7.22. The van der Waals surface area contributed by atoms with E-state index in [0.29, 0.717) is 6.20 Å². The molecular weight excluding hydrogens is 321 g/mol. The SMILES string of the molecule is O=C(Cl)c1ncc(F)c(Br)c1OC(F)(F)F. The van der Waals surface area contributed by atoms with Crippen LogP contribution in [0.2, 0.25) is 0 Å². The highest BCUT2D eigenvalue weighted by atomic mass is 79.9. The van der Waals surface area contributed by atoms with Crippen molar-refractivity contribution in [2.75, 3.05) is 0 Å². The summed E-state index contributed by atoms with van der Waals surface area (Å²) in [5, 5.41) is -1.29. The summed E-state index contributed by atoms with van der Waals surface area (Å²) in [6.07, 6.45) is -4.54. The summed E-state index contributed by atoms with van der Waals surface area (Å²) in [4.78, 5) is 13.8. The minimum Gasteiger partial charge on any atom is -0.402 e. The van der Waals surface area contributed by atoms with E-state index in [1.54, 1.807) is 0 Å². The minimum atomic E-state index is -5.08. The van der Waals surface area contributed by atoms with Crippen molar-refractivity contribution in [3.8, 4) is 5.75 Å². The zero-order chi connectivity index (χ0) is 12.5. The maximum absolute atomic E-state index is 12.9. The summed E-state index contributed by atoms with van der Waals surface area (Å²) in [5.74, 6) is -2.21. The van der Waals surface area contributed by atoms with Gasteiger partial charge in [0.25, 0.3) is 5.24 Å². The van der Waals surface area contributed by atoms with E-state index >= 15 is 0 Å². The van der Waals surface area contributed by atoms with Crippen molar-refractivity contribution in [1.82, 2.24) is 4.98 Å². The first-order valence-electron chi connectivity index (χ1n) is 3.52. The van der Waals surface area contributed by atoms with Gasteiger partial charge in [0.1, 0.15) is 0 Å². The molecule has 0 bridgehead atoms. The number of hydrogen-bond donors (Lipinski definition) is 0. The number of carbonyl (C=O) groups is 1. The molecule has 1 aromatic rings. The molecule has 1 heterocycles. The quantitative estimate of drug-likeness (QED) is 0.620. The molecule has 9 heteroatoms. The van der Waals surface area contributed by atoms with Crippen molar-refractivity contribution < 1.29 is 27.1 Å². The Morgan fingerprint density at radius 1 is 1.50 bits per heavy atom. The fraction of sp³-hybridized carbons (Fsp3) is 0.143. The minimum absolute atomic E-state index is 0.545. The lowest BCUT2D eigenvalue weighted by Gasteiger charge is -2.12. The Kier molecular flexibility index (Phi) is 3.74. The lowest BCUT2D eigenvalue weighted by atomic mass is 10.3. The highest BCUT2D eigenvalue weighted by Gasteiger charge is 2.35. The number of carbonyl (C=O) groups excluding carboxylic acids is 1. The molecule has 0 saturated carbocycles. The molecule has 0 spiro atoms. The number of ether oxygens (including phenoxy) is 1. The van der Waals surface area contributed by atoms with Crippen LogP contribution >= 0.6 is 27.5 Å². The first kappa shape index (κ1) is 13.2. The van der Waals surface area contributed by atoms with E-state index in [-0.39, 0.29) is 0 Å². The second-order valence-corrected chi connectivity index (χ2v) is 3.56. The van der Waals surface area contributed by atoms with Gasteiger partial charge in [0.05, 0.1) is 10.7 Å². The number of rotatable bonds is 2. The molecule has 0 unspecified atom stereocenters. The highest BCUT2D eigenvalue weighted by molar-refractivity contribution is 9.10. The number of pyridine rings is 1. The summed E-state index contributed by atoms with van der Waals surface area (Å²) < 4.78 is 51.5. The summed E-state index contributed by atoms with van der Waals surface area (Å²) in [5.41, 5.74) is -0.827. The maximum Gasteiger partial charge on any atom is 0.573 e. The molecule has 0 fully saturated rings. The smallest absolute Gasteiger partial charge is 0.402 e. The standard InChI is InChI=1S/C7HBrClF4NO2/c8-3-2(10)1-14-4(6(9)15)5(3)16-7(11,12)13/h1H. The number of nitrogens with zero attached hydrogens (tertiary/aromatic N) is 1. The van der Waals surface area contributed by atoms with Crippen LogP contribution in [0.5, 0.6) is 5.75 Å². The Bertz CT molecular complexity index is 437. The van der Waals surface area contributed by atoms with Crippen LogP contribution in [0.4, 0.5) is 17.6 Å². The molecule has 1 rings (SSSR count). The predicted molar refractivity (Wildman–Crippen MR) is 48.8 cm³/mol. The van der Waals surface area contributed by atoms with Gasteiger partial charge < -0.3 is 4.74 Å². The van der Waals surface area contributed by atoms with Gasteiger partial charge in [-0.3, -0.25) is 4.79 Å². The molecule has 0 aliphatic carbocycles. The average molecular weight is 322 g/mol. The maximum atomic E-state index is 12.9. The Hall–Kier alpha value is -0.890. The number of halogens is 6. The molecule has 0 N–H and O–H groups in total. The van der Waals surface area contributed by atoms with Gasteiger partial charge in [-0.25, -0.2) is 9.37 Å². The van der Waals surface area contributed by atoms with Crippen LogP contribution < -0.4 is 4.74 Å². The zero-order valence-electron chi connectivity index (χ0n) is 7.11. The lowest BCUT2D eigenvalue weighted by molar-refractivity contribution is -0.275. The van der Waals surface area contributed by atoms with Gasteiger partial charge in [-0.1, -0.05) is 0 Å². The fourth-order valence-electron chi connectivity index (χ4n) is 0.798. The molecule has 0 aliphatic heterocycles. The average Bonchev–Trinajstić information content (AvgIpc) is 2.10. The predicted octanol–water partition coefficient (Wildman–Crippen LogP) is 3.26. The Balaban J connectivity index is 3.32. The van der Waals surface area contributed by atoms with Crippen molar-refractivity contribution in [3.05, 3.63) is 22.2 Å². The normalized spacial score (nSPS) is 11.4. The van der Waals surface area contributed by atoms with Crippen molar-refractivity contribution in [2.45, 2.75) is 6.36 Å². The third-order valence-corrected chi connectivity index (χ3v) is 2.25. The van der Waals surface area contributed by atoms with Gasteiger partial charge in [0.15, 0.2) is 17.3 Å². The number of alkyl halides is 3. The van der Waals surface area contributed by atoms with E-state index in [0.717, 1.165) is 0 Å². The molecule has 0 radical (unpaired) electrons. The summed E-state index contributed by atoms with van der Waals surface area (Å²) in [7, 11) is 0. The van der Waals surface area contributed by atoms with Crippen LogP contribution in [0, 0.1) is 5.82 Å². The number of hydrogen-bond acceptors (Lipinski definition) is 3.